The van der Waals surface area contributed by atoms with Gasteiger partial charge in [0.2, 0.25) is 0 Å². The maximum atomic E-state index is 13.0. The van der Waals surface area contributed by atoms with Crippen molar-refractivity contribution >= 4 is 41.2 Å². The van der Waals surface area contributed by atoms with Crippen LogP contribution in [-0.2, 0) is 28.7 Å². The average molecular weight is 476 g/mol. The number of β-lactam (4-membered cyclic amide) rings is 1. The van der Waals surface area contributed by atoms with Crippen molar-refractivity contribution in [2.75, 3.05) is 12.4 Å². The Labute approximate surface area is 195 Å². The molecule has 1 saturated heterocycles. The molecular formula is C22H25N3O7S. The molecule has 0 spiro atoms. The fraction of sp³-hybridized carbons (Fsp3) is 0.409. The van der Waals surface area contributed by atoms with Gasteiger partial charge < -0.3 is 20.0 Å². The lowest BCUT2D eigenvalue weighted by Gasteiger charge is -2.49. The molecule has 2 aliphatic heterocycles. The molecule has 2 heterocycles. The van der Waals surface area contributed by atoms with Crippen molar-refractivity contribution in [2.45, 2.75) is 44.7 Å². The Balaban J connectivity index is 1.82. The van der Waals surface area contributed by atoms with E-state index in [0.29, 0.717) is 16.9 Å². The minimum absolute atomic E-state index is 0.0181. The van der Waals surface area contributed by atoms with E-state index in [1.807, 2.05) is 0 Å². The number of ether oxygens (including phenoxy) is 2. The van der Waals surface area contributed by atoms with E-state index in [2.05, 4.69) is 10.5 Å². The van der Waals surface area contributed by atoms with Crippen LogP contribution in [0.2, 0.25) is 0 Å². The monoisotopic (exact) mass is 475 g/mol. The summed E-state index contributed by atoms with van der Waals surface area (Å²) in [6, 6.07) is 7.39. The van der Waals surface area contributed by atoms with E-state index in [1.165, 1.54) is 23.6 Å². The van der Waals surface area contributed by atoms with Gasteiger partial charge in [-0.1, -0.05) is 35.5 Å². The molecule has 11 heteroatoms. The number of carbonyl (C=O) groups excluding carboxylic acids is 4. The highest BCUT2D eigenvalue weighted by molar-refractivity contribution is 8.00. The van der Waals surface area contributed by atoms with Crippen molar-refractivity contribution in [3.05, 3.63) is 47.2 Å². The van der Waals surface area contributed by atoms with Crippen molar-refractivity contribution < 1.29 is 33.9 Å². The molecule has 2 aliphatic rings. The lowest BCUT2D eigenvalue weighted by atomic mass is 10.0. The quantitative estimate of drug-likeness (QED) is 0.207. The number of hydrogen-bond donors (Lipinski definition) is 2. The second-order valence-electron chi connectivity index (χ2n) is 8.41. The summed E-state index contributed by atoms with van der Waals surface area (Å²) in [6.07, 6.45) is 0. The molecule has 2 amide bonds. The predicted octanol–water partition coefficient (Wildman–Crippen LogP) is 1.42. The molecule has 1 aromatic rings. The smallest absolute Gasteiger partial charge is 0.355 e. The minimum atomic E-state index is -0.935. The van der Waals surface area contributed by atoms with Crippen molar-refractivity contribution in [1.29, 1.82) is 0 Å². The Bertz CT molecular complexity index is 1030. The summed E-state index contributed by atoms with van der Waals surface area (Å²) in [5.74, 6) is -2.18. The van der Waals surface area contributed by atoms with E-state index in [4.69, 9.17) is 9.47 Å². The van der Waals surface area contributed by atoms with Crippen LogP contribution in [0.5, 0.6) is 0 Å². The van der Waals surface area contributed by atoms with E-state index < -0.39 is 40.8 Å². The number of esters is 2. The molecule has 176 valence electrons. The summed E-state index contributed by atoms with van der Waals surface area (Å²) < 4.78 is 10.5. The van der Waals surface area contributed by atoms with Gasteiger partial charge in [0.05, 0.1) is 0 Å². The molecule has 1 fully saturated rings. The van der Waals surface area contributed by atoms with E-state index in [1.54, 1.807) is 51.1 Å². The molecular weight excluding hydrogens is 450 g/mol. The van der Waals surface area contributed by atoms with Crippen molar-refractivity contribution in [2.24, 2.45) is 5.16 Å². The van der Waals surface area contributed by atoms with E-state index >= 15 is 0 Å². The molecule has 2 N–H and O–H groups in total. The van der Waals surface area contributed by atoms with Gasteiger partial charge in [-0.05, 0) is 20.8 Å². The summed E-state index contributed by atoms with van der Waals surface area (Å²) in [4.78, 5) is 51.1. The predicted molar refractivity (Wildman–Crippen MR) is 119 cm³/mol. The minimum Gasteiger partial charge on any atom is -0.461 e. The fourth-order valence-electron chi connectivity index (χ4n) is 3.34. The largest absolute Gasteiger partial charge is 0.461 e. The van der Waals surface area contributed by atoms with Gasteiger partial charge in [0.25, 0.3) is 11.8 Å². The van der Waals surface area contributed by atoms with Gasteiger partial charge in [-0.25, -0.2) is 4.79 Å². The van der Waals surface area contributed by atoms with Gasteiger partial charge in [-0.15, -0.1) is 11.8 Å². The van der Waals surface area contributed by atoms with Crippen LogP contribution in [0.25, 0.3) is 0 Å². The number of benzene rings is 1. The molecule has 2 atom stereocenters. The maximum Gasteiger partial charge on any atom is 0.355 e. The normalized spacial score (nSPS) is 20.5. The highest BCUT2D eigenvalue weighted by Crippen LogP contribution is 2.41. The number of amides is 2. The number of oxime groups is 1. The van der Waals surface area contributed by atoms with Gasteiger partial charge >= 0.3 is 11.9 Å². The van der Waals surface area contributed by atoms with Crippen LogP contribution in [0.3, 0.4) is 0 Å². The van der Waals surface area contributed by atoms with E-state index in [9.17, 15) is 24.4 Å². The molecule has 0 saturated carbocycles. The zero-order valence-electron chi connectivity index (χ0n) is 18.7. The number of fused-ring (bicyclic) bond motifs is 1. The highest BCUT2D eigenvalue weighted by atomic mass is 32.2. The first-order valence-corrected chi connectivity index (χ1v) is 11.2. The number of hydrogen-bond acceptors (Lipinski definition) is 9. The molecule has 3 rings (SSSR count). The van der Waals surface area contributed by atoms with Crippen LogP contribution in [0.4, 0.5) is 0 Å². The summed E-state index contributed by atoms with van der Waals surface area (Å²) in [5, 5.41) is 14.4. The Hall–Kier alpha value is -3.34. The van der Waals surface area contributed by atoms with Gasteiger partial charge in [0, 0.05) is 23.8 Å². The molecule has 1 aromatic carbocycles. The highest BCUT2D eigenvalue weighted by Gasteiger charge is 2.55. The molecule has 0 unspecified atom stereocenters. The number of nitrogens with one attached hydrogen (secondary N) is 1. The van der Waals surface area contributed by atoms with Gasteiger partial charge in [0.15, 0.2) is 5.71 Å². The van der Waals surface area contributed by atoms with Crippen LogP contribution in [0.15, 0.2) is 46.8 Å². The lowest BCUT2D eigenvalue weighted by Crippen LogP contribution is -2.71. The van der Waals surface area contributed by atoms with Crippen LogP contribution in [0.1, 0.15) is 33.3 Å². The first-order valence-electron chi connectivity index (χ1n) is 10.1. The molecule has 0 aromatic heterocycles. The Morgan fingerprint density at radius 3 is 2.48 bits per heavy atom. The second kappa shape index (κ2) is 9.65. The lowest BCUT2D eigenvalue weighted by molar-refractivity contribution is -0.159. The summed E-state index contributed by atoms with van der Waals surface area (Å²) >= 11 is 1.31. The van der Waals surface area contributed by atoms with Gasteiger partial charge in [-0.3, -0.25) is 19.3 Å². The van der Waals surface area contributed by atoms with Crippen LogP contribution < -0.4 is 5.32 Å². The maximum absolute atomic E-state index is 13.0. The van der Waals surface area contributed by atoms with E-state index in [0.717, 1.165) is 0 Å². The Morgan fingerprint density at radius 1 is 1.24 bits per heavy atom. The Kier molecular flexibility index (Phi) is 7.11. The number of rotatable bonds is 6. The number of thioether (sulfide) groups is 1. The van der Waals surface area contributed by atoms with Crippen LogP contribution >= 0.6 is 11.8 Å². The first-order chi connectivity index (χ1) is 15.5. The molecule has 10 nitrogen and oxygen atoms in total. The third-order valence-corrected chi connectivity index (χ3v) is 6.08. The molecule has 0 bridgehead atoms. The van der Waals surface area contributed by atoms with Crippen molar-refractivity contribution in [3.63, 3.8) is 0 Å². The number of carbonyl (C=O) groups is 4. The zero-order chi connectivity index (χ0) is 24.3. The van der Waals surface area contributed by atoms with Crippen LogP contribution in [0, 0.1) is 0 Å². The summed E-state index contributed by atoms with van der Waals surface area (Å²) in [5.41, 5.74) is -0.192. The molecule has 33 heavy (non-hydrogen) atoms. The van der Waals surface area contributed by atoms with E-state index in [-0.39, 0.29) is 18.0 Å². The second-order valence-corrected chi connectivity index (χ2v) is 9.51. The SMILES string of the molecule is CC(=O)OCC1=C(C(=O)OC(C)(C)C)N2C(=O)[C@@H](NC(=O)C(=NO)c3ccccc3)[C@H]2SC1. The average Bonchev–Trinajstić information content (AvgIpc) is 2.75. The summed E-state index contributed by atoms with van der Waals surface area (Å²) in [7, 11) is 0. The number of nitrogens with zero attached hydrogens (tertiary/aromatic N) is 2. The molecule has 0 aliphatic carbocycles. The Morgan fingerprint density at radius 2 is 1.91 bits per heavy atom. The standard InChI is InChI=1S/C22H25N3O7S/c1-12(26)31-10-14-11-33-20-16(19(28)25(20)17(14)21(29)32-22(2,3)4)23-18(27)15(24-30)13-8-6-5-7-9-13/h5-9,16,20,30H,10-11H2,1-4H3,(H,23,27)/t16-,20-/m1/s1. The molecule has 0 radical (unpaired) electrons. The van der Waals surface area contributed by atoms with Gasteiger partial charge in [0.1, 0.15) is 29.3 Å². The van der Waals surface area contributed by atoms with Crippen LogP contribution in [-0.4, -0.2) is 68.9 Å². The summed E-state index contributed by atoms with van der Waals surface area (Å²) in [6.45, 7) is 6.20. The van der Waals surface area contributed by atoms with Crippen molar-refractivity contribution in [1.82, 2.24) is 10.2 Å². The third kappa shape index (κ3) is 5.36. The first kappa shape index (κ1) is 24.3. The van der Waals surface area contributed by atoms with Gasteiger partial charge in [-0.2, -0.15) is 0 Å². The topological polar surface area (TPSA) is 135 Å². The van der Waals surface area contributed by atoms with Crippen molar-refractivity contribution in [3.8, 4) is 0 Å². The zero-order valence-corrected chi connectivity index (χ0v) is 19.5. The third-order valence-electron chi connectivity index (χ3n) is 4.74. The fourth-order valence-corrected chi connectivity index (χ4v) is 4.67.